The first-order valence-electron chi connectivity index (χ1n) is 11.3. The van der Waals surface area contributed by atoms with Gasteiger partial charge in [-0.15, -0.1) is 0 Å². The van der Waals surface area contributed by atoms with E-state index in [9.17, 15) is 10.2 Å². The summed E-state index contributed by atoms with van der Waals surface area (Å²) < 4.78 is 15.1. The molecule has 0 spiro atoms. The zero-order valence-corrected chi connectivity index (χ0v) is 18.6. The molecule has 0 saturated carbocycles. The van der Waals surface area contributed by atoms with Gasteiger partial charge in [0, 0.05) is 24.7 Å². The molecule has 0 amide bonds. The molecular formula is C28H33FO2. The number of aliphatic hydroxyl groups excluding tert-OH is 2. The molecule has 3 aromatic carbocycles. The van der Waals surface area contributed by atoms with Crippen molar-refractivity contribution in [3.63, 3.8) is 0 Å². The van der Waals surface area contributed by atoms with Crippen LogP contribution in [0.4, 0.5) is 4.39 Å². The summed E-state index contributed by atoms with van der Waals surface area (Å²) in [6.45, 7) is 4.24. The monoisotopic (exact) mass is 420 g/mol. The fourth-order valence-corrected chi connectivity index (χ4v) is 4.03. The second kappa shape index (κ2) is 11.2. The second-order valence-electron chi connectivity index (χ2n) is 8.26. The van der Waals surface area contributed by atoms with Crippen LogP contribution >= 0.6 is 0 Å². The molecule has 0 fully saturated rings. The first-order valence-corrected chi connectivity index (χ1v) is 11.3. The number of hydrogen-bond donors (Lipinski definition) is 2. The Morgan fingerprint density at radius 2 is 1.39 bits per heavy atom. The van der Waals surface area contributed by atoms with E-state index in [1.165, 1.54) is 5.56 Å². The van der Waals surface area contributed by atoms with Crippen LogP contribution in [0.15, 0.2) is 60.7 Å². The van der Waals surface area contributed by atoms with Crippen LogP contribution in [0.3, 0.4) is 0 Å². The normalized spacial score (nSPS) is 11.3. The van der Waals surface area contributed by atoms with E-state index in [1.54, 1.807) is 6.07 Å². The molecule has 2 N–H and O–H groups in total. The number of aliphatic hydroxyl groups is 2. The number of halogens is 1. The van der Waals surface area contributed by atoms with Gasteiger partial charge in [0.05, 0.1) is 0 Å². The molecule has 0 aliphatic heterocycles. The van der Waals surface area contributed by atoms with E-state index in [4.69, 9.17) is 0 Å². The van der Waals surface area contributed by atoms with E-state index >= 15 is 4.39 Å². The van der Waals surface area contributed by atoms with E-state index in [0.29, 0.717) is 5.56 Å². The van der Waals surface area contributed by atoms with Crippen molar-refractivity contribution in [1.29, 1.82) is 0 Å². The molecule has 3 heteroatoms. The molecule has 0 aromatic heterocycles. The van der Waals surface area contributed by atoms with Crippen LogP contribution in [0.25, 0.3) is 22.3 Å². The highest BCUT2D eigenvalue weighted by molar-refractivity contribution is 5.73. The van der Waals surface area contributed by atoms with Crippen LogP contribution in [0.2, 0.25) is 0 Å². The Morgan fingerprint density at radius 3 is 2.00 bits per heavy atom. The molecule has 3 rings (SSSR count). The van der Waals surface area contributed by atoms with Crippen LogP contribution in [-0.2, 0) is 19.3 Å². The number of aryl methyl sites for hydroxylation is 3. The largest absolute Gasteiger partial charge is 0.396 e. The standard InChI is InChI=1S/C28H33FO2/c1-3-5-20-8-11-24(12-9-20)25-13-15-27(28(29)17-25)26-14-10-21(16-23(26)4-2)6-7-22(18-30)19-31/h8-17,22,30-31H,3-7,18-19H2,1-2H3. The van der Waals surface area contributed by atoms with E-state index < -0.39 is 0 Å². The highest BCUT2D eigenvalue weighted by Crippen LogP contribution is 2.31. The molecule has 0 heterocycles. The van der Waals surface area contributed by atoms with Gasteiger partial charge in [-0.2, -0.15) is 0 Å². The molecule has 0 radical (unpaired) electrons. The Bertz CT molecular complexity index is 975. The minimum absolute atomic E-state index is 0.00584. The minimum atomic E-state index is -0.210. The molecular weight excluding hydrogens is 387 g/mol. The van der Waals surface area contributed by atoms with Gasteiger partial charge in [-0.05, 0) is 65.1 Å². The van der Waals surface area contributed by atoms with E-state index in [2.05, 4.69) is 44.2 Å². The van der Waals surface area contributed by atoms with Crippen molar-refractivity contribution in [1.82, 2.24) is 0 Å². The van der Waals surface area contributed by atoms with Gasteiger partial charge in [0.1, 0.15) is 5.82 Å². The Labute approximate surface area is 185 Å². The van der Waals surface area contributed by atoms with Crippen molar-refractivity contribution in [2.75, 3.05) is 13.2 Å². The van der Waals surface area contributed by atoms with Crippen molar-refractivity contribution >= 4 is 0 Å². The van der Waals surface area contributed by atoms with Gasteiger partial charge in [0.2, 0.25) is 0 Å². The zero-order valence-electron chi connectivity index (χ0n) is 18.6. The summed E-state index contributed by atoms with van der Waals surface area (Å²) in [4.78, 5) is 0. The first kappa shape index (κ1) is 23.2. The van der Waals surface area contributed by atoms with Crippen LogP contribution in [0, 0.1) is 11.7 Å². The summed E-state index contributed by atoms with van der Waals surface area (Å²) in [6.07, 6.45) is 4.51. The fourth-order valence-electron chi connectivity index (χ4n) is 4.03. The number of hydrogen-bond acceptors (Lipinski definition) is 2. The van der Waals surface area contributed by atoms with Gasteiger partial charge in [-0.25, -0.2) is 4.39 Å². The molecule has 0 atom stereocenters. The van der Waals surface area contributed by atoms with Gasteiger partial charge in [0.15, 0.2) is 0 Å². The SMILES string of the molecule is CCCc1ccc(-c2ccc(-c3ccc(CCC(CO)CO)cc3CC)c(F)c2)cc1. The van der Waals surface area contributed by atoms with Gasteiger partial charge in [-0.1, -0.05) is 74.9 Å². The van der Waals surface area contributed by atoms with Crippen LogP contribution in [-0.4, -0.2) is 23.4 Å². The lowest BCUT2D eigenvalue weighted by atomic mass is 9.92. The Hall–Kier alpha value is -2.49. The maximum absolute atomic E-state index is 15.1. The number of rotatable bonds is 10. The third-order valence-electron chi connectivity index (χ3n) is 5.99. The molecule has 0 bridgehead atoms. The average Bonchev–Trinajstić information content (AvgIpc) is 2.80. The third-order valence-corrected chi connectivity index (χ3v) is 5.99. The summed E-state index contributed by atoms with van der Waals surface area (Å²) in [5.41, 5.74) is 7.03. The summed E-state index contributed by atoms with van der Waals surface area (Å²) in [5.74, 6) is -0.302. The Morgan fingerprint density at radius 1 is 0.742 bits per heavy atom. The molecule has 0 unspecified atom stereocenters. The van der Waals surface area contributed by atoms with Crippen LogP contribution < -0.4 is 0 Å². The molecule has 3 aromatic rings. The maximum Gasteiger partial charge on any atom is 0.131 e. The summed E-state index contributed by atoms with van der Waals surface area (Å²) in [5, 5.41) is 18.5. The maximum atomic E-state index is 15.1. The lowest BCUT2D eigenvalue weighted by Crippen LogP contribution is -2.12. The second-order valence-corrected chi connectivity index (χ2v) is 8.26. The fraction of sp³-hybridized carbons (Fsp3) is 0.357. The predicted molar refractivity (Wildman–Crippen MR) is 127 cm³/mol. The van der Waals surface area contributed by atoms with Crippen molar-refractivity contribution in [3.8, 4) is 22.3 Å². The molecule has 0 aliphatic carbocycles. The van der Waals surface area contributed by atoms with E-state index in [0.717, 1.165) is 59.9 Å². The lowest BCUT2D eigenvalue weighted by molar-refractivity contribution is 0.144. The van der Waals surface area contributed by atoms with Crippen LogP contribution in [0.5, 0.6) is 0 Å². The summed E-state index contributed by atoms with van der Waals surface area (Å²) >= 11 is 0. The summed E-state index contributed by atoms with van der Waals surface area (Å²) in [7, 11) is 0. The molecule has 164 valence electrons. The zero-order chi connectivity index (χ0) is 22.2. The van der Waals surface area contributed by atoms with Gasteiger partial charge < -0.3 is 10.2 Å². The Balaban J connectivity index is 1.83. The van der Waals surface area contributed by atoms with Gasteiger partial charge in [0.25, 0.3) is 0 Å². The predicted octanol–water partition coefficient (Wildman–Crippen LogP) is 6.21. The smallest absolute Gasteiger partial charge is 0.131 e. The van der Waals surface area contributed by atoms with Gasteiger partial charge in [-0.3, -0.25) is 0 Å². The molecule has 2 nitrogen and oxygen atoms in total. The Kier molecular flexibility index (Phi) is 8.39. The average molecular weight is 421 g/mol. The van der Waals surface area contributed by atoms with Gasteiger partial charge >= 0.3 is 0 Å². The van der Waals surface area contributed by atoms with Crippen molar-refractivity contribution < 1.29 is 14.6 Å². The van der Waals surface area contributed by atoms with E-state index in [-0.39, 0.29) is 24.9 Å². The van der Waals surface area contributed by atoms with Crippen LogP contribution in [0.1, 0.15) is 43.4 Å². The van der Waals surface area contributed by atoms with Crippen molar-refractivity contribution in [2.45, 2.75) is 46.0 Å². The first-order chi connectivity index (χ1) is 15.1. The molecule has 0 aliphatic rings. The molecule has 31 heavy (non-hydrogen) atoms. The quantitative estimate of drug-likeness (QED) is 0.409. The number of benzene rings is 3. The van der Waals surface area contributed by atoms with Crippen molar-refractivity contribution in [2.24, 2.45) is 5.92 Å². The topological polar surface area (TPSA) is 40.5 Å². The lowest BCUT2D eigenvalue weighted by Gasteiger charge is -2.14. The third kappa shape index (κ3) is 5.81. The highest BCUT2D eigenvalue weighted by Gasteiger charge is 2.13. The summed E-state index contributed by atoms with van der Waals surface area (Å²) in [6, 6.07) is 20.0. The highest BCUT2D eigenvalue weighted by atomic mass is 19.1. The molecule has 0 saturated heterocycles. The van der Waals surface area contributed by atoms with E-state index in [1.807, 2.05) is 24.3 Å². The van der Waals surface area contributed by atoms with Crippen molar-refractivity contribution in [3.05, 3.63) is 83.2 Å². The minimum Gasteiger partial charge on any atom is -0.396 e.